The second-order valence-corrected chi connectivity index (χ2v) is 4.25. The van der Waals surface area contributed by atoms with Crippen molar-refractivity contribution in [2.24, 2.45) is 11.1 Å². The highest BCUT2D eigenvalue weighted by Crippen LogP contribution is 2.24. The van der Waals surface area contributed by atoms with Crippen LogP contribution < -0.4 is 11.1 Å². The van der Waals surface area contributed by atoms with E-state index in [0.29, 0.717) is 6.54 Å². The number of nitrogens with one attached hydrogen (secondary N) is 1. The Morgan fingerprint density at radius 3 is 2.56 bits per heavy atom. The largest absolute Gasteiger partial charge is 0.369 e. The minimum atomic E-state index is 0.179. The lowest BCUT2D eigenvalue weighted by atomic mass is 9.82. The second kappa shape index (κ2) is 5.80. The summed E-state index contributed by atoms with van der Waals surface area (Å²) >= 11 is 0. The zero-order chi connectivity index (χ0) is 12.0. The highest BCUT2D eigenvalue weighted by molar-refractivity contribution is 5.33. The van der Waals surface area contributed by atoms with Crippen LogP contribution in [0.4, 0.5) is 5.82 Å². The summed E-state index contributed by atoms with van der Waals surface area (Å²) in [4.78, 5) is 8.39. The van der Waals surface area contributed by atoms with E-state index in [1.807, 2.05) is 13.0 Å². The first kappa shape index (κ1) is 12.9. The number of aromatic nitrogens is 2. The minimum Gasteiger partial charge on any atom is -0.369 e. The van der Waals surface area contributed by atoms with Crippen LogP contribution >= 0.6 is 0 Å². The van der Waals surface area contributed by atoms with Gasteiger partial charge in [-0.3, -0.25) is 0 Å². The molecule has 0 atom stereocenters. The third-order valence-corrected chi connectivity index (χ3v) is 3.35. The van der Waals surface area contributed by atoms with Crippen molar-refractivity contribution in [3.63, 3.8) is 0 Å². The van der Waals surface area contributed by atoms with Gasteiger partial charge in [-0.2, -0.15) is 0 Å². The predicted molar refractivity (Wildman–Crippen MR) is 67.3 cm³/mol. The molecule has 1 rings (SSSR count). The summed E-state index contributed by atoms with van der Waals surface area (Å²) in [6, 6.07) is 1.89. The van der Waals surface area contributed by atoms with Gasteiger partial charge in [0.05, 0.1) is 0 Å². The van der Waals surface area contributed by atoms with Gasteiger partial charge in [0, 0.05) is 12.7 Å². The van der Waals surface area contributed by atoms with Crippen LogP contribution in [0.15, 0.2) is 12.3 Å². The van der Waals surface area contributed by atoms with Gasteiger partial charge in [-0.15, -0.1) is 0 Å². The molecule has 3 N–H and O–H groups in total. The van der Waals surface area contributed by atoms with Gasteiger partial charge in [-0.05, 0) is 37.8 Å². The van der Waals surface area contributed by atoms with Gasteiger partial charge in [0.25, 0.3) is 0 Å². The van der Waals surface area contributed by atoms with Gasteiger partial charge in [0.1, 0.15) is 11.6 Å². The lowest BCUT2D eigenvalue weighted by molar-refractivity contribution is 0.294. The first-order valence-electron chi connectivity index (χ1n) is 5.89. The molecule has 0 saturated heterocycles. The lowest BCUT2D eigenvalue weighted by Gasteiger charge is -2.30. The van der Waals surface area contributed by atoms with Crippen molar-refractivity contribution >= 4 is 5.82 Å². The Balaban J connectivity index is 2.62. The Morgan fingerprint density at radius 2 is 2.06 bits per heavy atom. The highest BCUT2D eigenvalue weighted by atomic mass is 15.0. The number of anilines is 1. The van der Waals surface area contributed by atoms with Gasteiger partial charge in [0.15, 0.2) is 0 Å². The number of nitrogens with two attached hydrogens (primary N) is 1. The van der Waals surface area contributed by atoms with Gasteiger partial charge < -0.3 is 11.1 Å². The van der Waals surface area contributed by atoms with E-state index in [2.05, 4.69) is 29.1 Å². The van der Waals surface area contributed by atoms with Crippen molar-refractivity contribution in [1.82, 2.24) is 9.97 Å². The van der Waals surface area contributed by atoms with E-state index in [1.165, 1.54) is 0 Å². The quantitative estimate of drug-likeness (QED) is 0.772. The number of hydrogen-bond acceptors (Lipinski definition) is 4. The van der Waals surface area contributed by atoms with Crippen LogP contribution in [0.25, 0.3) is 0 Å². The topological polar surface area (TPSA) is 63.8 Å². The molecule has 0 aliphatic rings. The number of nitrogens with zero attached hydrogens (tertiary/aromatic N) is 2. The summed E-state index contributed by atoms with van der Waals surface area (Å²) in [5, 5.41) is 3.35. The van der Waals surface area contributed by atoms with Crippen LogP contribution in [-0.2, 0) is 0 Å². The second-order valence-electron chi connectivity index (χ2n) is 4.25. The molecule has 0 spiro atoms. The average molecular weight is 222 g/mol. The van der Waals surface area contributed by atoms with E-state index >= 15 is 0 Å². The molecule has 90 valence electrons. The Labute approximate surface area is 97.7 Å². The SMILES string of the molecule is CCC(CC)(CN)CNc1ccnc(C)n1. The third-order valence-electron chi connectivity index (χ3n) is 3.35. The smallest absolute Gasteiger partial charge is 0.129 e. The van der Waals surface area contributed by atoms with E-state index in [4.69, 9.17) is 5.73 Å². The maximum absolute atomic E-state index is 5.85. The molecule has 4 nitrogen and oxygen atoms in total. The molecule has 1 heterocycles. The Morgan fingerprint density at radius 1 is 1.38 bits per heavy atom. The molecule has 1 aromatic rings. The third kappa shape index (κ3) is 3.17. The number of rotatable bonds is 6. The van der Waals surface area contributed by atoms with E-state index in [0.717, 1.165) is 31.0 Å². The summed E-state index contributed by atoms with van der Waals surface area (Å²) in [6.45, 7) is 7.83. The monoisotopic (exact) mass is 222 g/mol. The molecule has 1 aromatic heterocycles. The van der Waals surface area contributed by atoms with Crippen molar-refractivity contribution in [1.29, 1.82) is 0 Å². The molecular weight excluding hydrogens is 200 g/mol. The summed E-state index contributed by atoms with van der Waals surface area (Å²) < 4.78 is 0. The summed E-state index contributed by atoms with van der Waals surface area (Å²) in [5.74, 6) is 1.67. The van der Waals surface area contributed by atoms with Gasteiger partial charge in [0.2, 0.25) is 0 Å². The van der Waals surface area contributed by atoms with E-state index < -0.39 is 0 Å². The van der Waals surface area contributed by atoms with Crippen LogP contribution in [0.1, 0.15) is 32.5 Å². The van der Waals surface area contributed by atoms with Gasteiger partial charge >= 0.3 is 0 Å². The van der Waals surface area contributed by atoms with Gasteiger partial charge in [-0.1, -0.05) is 13.8 Å². The van der Waals surface area contributed by atoms with Crippen molar-refractivity contribution in [2.45, 2.75) is 33.6 Å². The predicted octanol–water partition coefficient (Wildman–Crippen LogP) is 1.96. The summed E-state index contributed by atoms with van der Waals surface area (Å²) in [5.41, 5.74) is 6.03. The molecule has 0 aliphatic carbocycles. The Bertz CT molecular complexity index is 312. The maximum Gasteiger partial charge on any atom is 0.129 e. The van der Waals surface area contributed by atoms with Crippen LogP contribution in [0.5, 0.6) is 0 Å². The first-order valence-corrected chi connectivity index (χ1v) is 5.89. The molecule has 4 heteroatoms. The average Bonchev–Trinajstić information content (AvgIpc) is 2.32. The maximum atomic E-state index is 5.85. The summed E-state index contributed by atoms with van der Waals surface area (Å²) in [6.07, 6.45) is 3.93. The standard InChI is InChI=1S/C12H22N4/c1-4-12(5-2,8-13)9-15-11-6-7-14-10(3)16-11/h6-7H,4-5,8-9,13H2,1-3H3,(H,14,15,16). The van der Waals surface area contributed by atoms with E-state index in [1.54, 1.807) is 6.20 Å². The van der Waals surface area contributed by atoms with Crippen LogP contribution in [-0.4, -0.2) is 23.1 Å². The van der Waals surface area contributed by atoms with Crippen LogP contribution in [0, 0.1) is 12.3 Å². The fourth-order valence-corrected chi connectivity index (χ4v) is 1.69. The zero-order valence-electron chi connectivity index (χ0n) is 10.5. The molecule has 0 aromatic carbocycles. The highest BCUT2D eigenvalue weighted by Gasteiger charge is 2.23. The molecule has 0 bridgehead atoms. The fourth-order valence-electron chi connectivity index (χ4n) is 1.69. The van der Waals surface area contributed by atoms with Crippen LogP contribution in [0.3, 0.4) is 0 Å². The number of hydrogen-bond donors (Lipinski definition) is 2. The van der Waals surface area contributed by atoms with Crippen molar-refractivity contribution < 1.29 is 0 Å². The summed E-state index contributed by atoms with van der Waals surface area (Å²) in [7, 11) is 0. The molecule has 0 fully saturated rings. The Hall–Kier alpha value is -1.16. The molecular formula is C12H22N4. The Kier molecular flexibility index (Phi) is 4.68. The molecule has 0 unspecified atom stereocenters. The number of aryl methyl sites for hydroxylation is 1. The minimum absolute atomic E-state index is 0.179. The van der Waals surface area contributed by atoms with Crippen LogP contribution in [0.2, 0.25) is 0 Å². The molecule has 0 radical (unpaired) electrons. The first-order chi connectivity index (χ1) is 7.65. The fraction of sp³-hybridized carbons (Fsp3) is 0.667. The van der Waals surface area contributed by atoms with E-state index in [-0.39, 0.29) is 5.41 Å². The van der Waals surface area contributed by atoms with Crippen molar-refractivity contribution in [2.75, 3.05) is 18.4 Å². The van der Waals surface area contributed by atoms with Crippen molar-refractivity contribution in [3.05, 3.63) is 18.1 Å². The molecule has 16 heavy (non-hydrogen) atoms. The lowest BCUT2D eigenvalue weighted by Crippen LogP contribution is -2.36. The zero-order valence-corrected chi connectivity index (χ0v) is 10.5. The van der Waals surface area contributed by atoms with E-state index in [9.17, 15) is 0 Å². The normalized spacial score (nSPS) is 11.5. The molecule has 0 aliphatic heterocycles. The molecule has 0 amide bonds. The van der Waals surface area contributed by atoms with Crippen molar-refractivity contribution in [3.8, 4) is 0 Å². The molecule has 0 saturated carbocycles. The van der Waals surface area contributed by atoms with Gasteiger partial charge in [-0.25, -0.2) is 9.97 Å².